The Morgan fingerprint density at radius 1 is 0.289 bits per heavy atom. The van der Waals surface area contributed by atoms with E-state index in [1.54, 1.807) is 0 Å². The molecule has 0 aromatic heterocycles. The number of aliphatic hydroxyl groups excluding tert-OH is 2. The number of esters is 3. The fourth-order valence-corrected chi connectivity index (χ4v) is 12.7. The smallest absolute Gasteiger partial charge is 0.463 e. The quantitative estimate of drug-likeness (QED) is 0.0146. The number of phosphoric acid groups is 2. The predicted octanol–water partition coefficient (Wildman–Crippen LogP) is 22.9. The molecule has 0 radical (unpaired) electrons. The van der Waals surface area contributed by atoms with E-state index in [2.05, 4.69) is 81.5 Å². The molecule has 0 aliphatic heterocycles. The summed E-state index contributed by atoms with van der Waals surface area (Å²) in [6.07, 6.45) is 78.8. The lowest BCUT2D eigenvalue weighted by Gasteiger charge is -2.21. The van der Waals surface area contributed by atoms with Gasteiger partial charge < -0.3 is 34.2 Å². The number of allylic oxidation sites excluding steroid dienone is 10. The molecule has 4 N–H and O–H groups in total. The van der Waals surface area contributed by atoms with Gasteiger partial charge in [-0.1, -0.05) is 319 Å². The van der Waals surface area contributed by atoms with E-state index in [9.17, 15) is 43.5 Å². The van der Waals surface area contributed by atoms with Gasteiger partial charge in [0.15, 0.2) is 6.10 Å². The number of hydrogen-bond acceptors (Lipinski definition) is 14. The van der Waals surface area contributed by atoms with Gasteiger partial charge in [0.2, 0.25) is 0 Å². The van der Waals surface area contributed by atoms with Gasteiger partial charge in [-0.25, -0.2) is 9.13 Å². The first kappa shape index (κ1) is 94.2. The minimum absolute atomic E-state index is 0.110. The van der Waals surface area contributed by atoms with Crippen LogP contribution in [0.5, 0.6) is 0 Å². The third kappa shape index (κ3) is 74.3. The molecule has 16 nitrogen and oxygen atoms in total. The second-order valence-corrected chi connectivity index (χ2v) is 29.8. The molecule has 568 valence electrons. The van der Waals surface area contributed by atoms with Crippen LogP contribution >= 0.6 is 15.6 Å². The van der Waals surface area contributed by atoms with E-state index in [-0.39, 0.29) is 19.3 Å². The fraction of sp³-hybridized carbons (Fsp3) is 0.835. The van der Waals surface area contributed by atoms with Gasteiger partial charge in [0, 0.05) is 19.3 Å². The summed E-state index contributed by atoms with van der Waals surface area (Å²) in [5.41, 5.74) is 0. The summed E-state index contributed by atoms with van der Waals surface area (Å²) >= 11 is 0. The first-order chi connectivity index (χ1) is 47.2. The van der Waals surface area contributed by atoms with Crippen LogP contribution in [-0.4, -0.2) is 95.9 Å². The molecular formula is C79H146O16P2. The van der Waals surface area contributed by atoms with Crippen LogP contribution in [-0.2, 0) is 55.8 Å². The van der Waals surface area contributed by atoms with Crippen molar-refractivity contribution in [3.8, 4) is 0 Å². The van der Waals surface area contributed by atoms with Crippen LogP contribution < -0.4 is 0 Å². The third-order valence-corrected chi connectivity index (χ3v) is 19.1. The molecule has 5 atom stereocenters. The van der Waals surface area contributed by atoms with Crippen molar-refractivity contribution < 1.29 is 75.8 Å². The topological polar surface area (TPSA) is 231 Å². The van der Waals surface area contributed by atoms with Gasteiger partial charge in [0.25, 0.3) is 0 Å². The lowest BCUT2D eigenvalue weighted by molar-refractivity contribution is -0.161. The molecule has 0 aromatic rings. The molecule has 0 heterocycles. The van der Waals surface area contributed by atoms with Crippen molar-refractivity contribution in [2.75, 3.05) is 39.6 Å². The maximum atomic E-state index is 12.9. The van der Waals surface area contributed by atoms with E-state index in [0.29, 0.717) is 19.3 Å². The summed E-state index contributed by atoms with van der Waals surface area (Å²) in [6.45, 7) is 2.68. The van der Waals surface area contributed by atoms with Crippen molar-refractivity contribution in [3.05, 3.63) is 60.8 Å². The highest BCUT2D eigenvalue weighted by Gasteiger charge is 2.29. The highest BCUT2D eigenvalue weighted by Crippen LogP contribution is 2.45. The van der Waals surface area contributed by atoms with Gasteiger partial charge in [0.1, 0.15) is 25.4 Å². The average molecular weight is 1410 g/mol. The van der Waals surface area contributed by atoms with Gasteiger partial charge in [-0.2, -0.15) is 0 Å². The molecule has 0 fully saturated rings. The first-order valence-corrected chi connectivity index (χ1v) is 42.6. The van der Waals surface area contributed by atoms with Crippen LogP contribution in [0, 0.1) is 0 Å². The van der Waals surface area contributed by atoms with Gasteiger partial charge in [-0.15, -0.1) is 0 Å². The van der Waals surface area contributed by atoms with Crippen LogP contribution in [0.3, 0.4) is 0 Å². The van der Waals surface area contributed by atoms with Gasteiger partial charge in [0.05, 0.1) is 26.4 Å². The Balaban J connectivity index is 4.25. The lowest BCUT2D eigenvalue weighted by atomic mass is 10.0. The second-order valence-electron chi connectivity index (χ2n) is 26.9. The standard InChI is InChI=1S/C79H146O16P2/c1-4-7-10-13-16-19-22-24-26-27-28-29-30-31-32-33-34-35-36-37-38-39-40-41-42-43-44-45-47-49-51-53-56-59-62-65-77(82)89-68-74(80)69-91-96(85,86)92-70-75(81)71-93-97(87,88)94-73-76(95-79(84)67-64-61-58-55-50-21-18-15-12-9-6-3)72-90-78(83)66-63-60-57-54-52-48-46-25-23-20-17-14-11-8-5-2/h16,19,24-26,28-29,31-32,46,74-76,80-81H,4-15,17-18,20-23,27,30,33-45,47-73H2,1-3H3,(H,85,86)(H,87,88)/b19-16-,26-24-,29-28-,32-31-,46-25-. The molecule has 0 spiro atoms. The molecule has 0 aliphatic carbocycles. The minimum atomic E-state index is -4.91. The Hall–Kier alpha value is -2.75. The van der Waals surface area contributed by atoms with E-state index in [1.165, 1.54) is 205 Å². The minimum Gasteiger partial charge on any atom is -0.463 e. The van der Waals surface area contributed by atoms with Crippen LogP contribution in [0.15, 0.2) is 60.8 Å². The maximum Gasteiger partial charge on any atom is 0.472 e. The van der Waals surface area contributed by atoms with E-state index >= 15 is 0 Å². The Morgan fingerprint density at radius 2 is 0.515 bits per heavy atom. The van der Waals surface area contributed by atoms with Crippen LogP contribution in [0.25, 0.3) is 0 Å². The average Bonchev–Trinajstić information content (AvgIpc) is 2.25. The van der Waals surface area contributed by atoms with Crippen molar-refractivity contribution in [1.82, 2.24) is 0 Å². The largest absolute Gasteiger partial charge is 0.472 e. The fourth-order valence-electron chi connectivity index (χ4n) is 11.1. The summed E-state index contributed by atoms with van der Waals surface area (Å²) in [5.74, 6) is -1.56. The van der Waals surface area contributed by atoms with Gasteiger partial charge in [-0.05, 0) is 89.9 Å². The highest BCUT2D eigenvalue weighted by atomic mass is 31.2. The number of rotatable bonds is 76. The van der Waals surface area contributed by atoms with Gasteiger partial charge in [-0.3, -0.25) is 32.5 Å². The molecule has 5 unspecified atom stereocenters. The number of carbonyl (C=O) groups is 3. The molecule has 0 aliphatic rings. The first-order valence-electron chi connectivity index (χ1n) is 39.6. The molecule has 0 saturated heterocycles. The highest BCUT2D eigenvalue weighted by molar-refractivity contribution is 7.47. The summed E-state index contributed by atoms with van der Waals surface area (Å²) < 4.78 is 61.0. The van der Waals surface area contributed by atoms with E-state index in [4.69, 9.17) is 32.3 Å². The summed E-state index contributed by atoms with van der Waals surface area (Å²) in [4.78, 5) is 58.4. The molecule has 0 amide bonds. The van der Waals surface area contributed by atoms with Crippen LogP contribution in [0.4, 0.5) is 0 Å². The van der Waals surface area contributed by atoms with Crippen molar-refractivity contribution in [3.63, 3.8) is 0 Å². The van der Waals surface area contributed by atoms with Crippen molar-refractivity contribution >= 4 is 33.6 Å². The number of hydrogen-bond donors (Lipinski definition) is 4. The summed E-state index contributed by atoms with van der Waals surface area (Å²) in [7, 11) is -9.76. The molecule has 0 rings (SSSR count). The Kier molecular flexibility index (Phi) is 70.9. The predicted molar refractivity (Wildman–Crippen MR) is 399 cm³/mol. The number of phosphoric ester groups is 2. The normalized spacial score (nSPS) is 14.3. The Labute approximate surface area is 592 Å². The summed E-state index contributed by atoms with van der Waals surface area (Å²) in [6, 6.07) is 0. The number of aliphatic hydroxyl groups is 2. The second kappa shape index (κ2) is 73.0. The van der Waals surface area contributed by atoms with Crippen molar-refractivity contribution in [1.29, 1.82) is 0 Å². The number of carbonyl (C=O) groups excluding carboxylic acids is 3. The zero-order valence-corrected chi connectivity index (χ0v) is 63.8. The Morgan fingerprint density at radius 3 is 0.845 bits per heavy atom. The van der Waals surface area contributed by atoms with Crippen LogP contribution in [0.2, 0.25) is 0 Å². The Bertz CT molecular complexity index is 2010. The van der Waals surface area contributed by atoms with Crippen molar-refractivity contribution in [2.24, 2.45) is 0 Å². The number of ether oxygens (including phenoxy) is 3. The zero-order valence-electron chi connectivity index (χ0n) is 62.0. The molecule has 18 heteroatoms. The molecular weight excluding hydrogens is 1270 g/mol. The van der Waals surface area contributed by atoms with E-state index < -0.39 is 91.5 Å². The van der Waals surface area contributed by atoms with Crippen LogP contribution in [0.1, 0.15) is 367 Å². The molecule has 0 saturated carbocycles. The third-order valence-electron chi connectivity index (χ3n) is 17.2. The maximum absolute atomic E-state index is 12.9. The molecule has 0 aromatic carbocycles. The monoisotopic (exact) mass is 1410 g/mol. The van der Waals surface area contributed by atoms with E-state index in [1.807, 2.05) is 0 Å². The van der Waals surface area contributed by atoms with Crippen molar-refractivity contribution in [2.45, 2.75) is 386 Å². The van der Waals surface area contributed by atoms with Gasteiger partial charge >= 0.3 is 33.6 Å². The zero-order chi connectivity index (χ0) is 70.9. The van der Waals surface area contributed by atoms with E-state index in [0.717, 1.165) is 103 Å². The lowest BCUT2D eigenvalue weighted by Crippen LogP contribution is -2.30. The summed E-state index contributed by atoms with van der Waals surface area (Å²) in [5, 5.41) is 20.6. The molecule has 97 heavy (non-hydrogen) atoms. The molecule has 0 bridgehead atoms. The number of unbranched alkanes of at least 4 members (excludes halogenated alkanes) is 43. The SMILES string of the molecule is CCCCC/C=C\C/C=C\C/C=C\C/C=C\CCCCCCCCCCCCCCCCCCCCCC(=O)OCC(O)COP(=O)(O)OCC(O)COP(=O)(O)OCC(COC(=O)CCCCCCC/C=C\CCCCCCCC)OC(=O)CCCCCCCCCCCCC.